The van der Waals surface area contributed by atoms with Crippen LogP contribution in [0.4, 0.5) is 0 Å². The predicted molar refractivity (Wildman–Crippen MR) is 57.1 cm³/mol. The van der Waals surface area contributed by atoms with Gasteiger partial charge in [0.1, 0.15) is 0 Å². The van der Waals surface area contributed by atoms with E-state index in [0.29, 0.717) is 6.04 Å². The highest BCUT2D eigenvalue weighted by molar-refractivity contribution is 7.07. The van der Waals surface area contributed by atoms with E-state index in [-0.39, 0.29) is 0 Å². The number of rotatable bonds is 2. The zero-order chi connectivity index (χ0) is 9.10. The molecule has 3 heteroatoms. The molecule has 1 aromatic heterocycles. The molecule has 72 valence electrons. The van der Waals surface area contributed by atoms with Gasteiger partial charge >= 0.3 is 0 Å². The lowest BCUT2D eigenvalue weighted by Gasteiger charge is -2.33. The van der Waals surface area contributed by atoms with E-state index in [1.165, 1.54) is 12.1 Å². The second kappa shape index (κ2) is 4.22. The molecule has 0 radical (unpaired) electrons. The van der Waals surface area contributed by atoms with Gasteiger partial charge in [0.15, 0.2) is 0 Å². The summed E-state index contributed by atoms with van der Waals surface area (Å²) in [6.45, 7) is 6.85. The van der Waals surface area contributed by atoms with Crippen LogP contribution in [0, 0.1) is 0 Å². The Balaban J connectivity index is 1.93. The highest BCUT2D eigenvalue weighted by Crippen LogP contribution is 2.12. The van der Waals surface area contributed by atoms with Crippen molar-refractivity contribution in [2.75, 3.05) is 19.6 Å². The fourth-order valence-electron chi connectivity index (χ4n) is 1.74. The van der Waals surface area contributed by atoms with E-state index in [0.717, 1.165) is 19.6 Å². The Hall–Kier alpha value is -0.380. The maximum Gasteiger partial charge on any atom is 0.0245 e. The van der Waals surface area contributed by atoms with Gasteiger partial charge < -0.3 is 5.32 Å². The molecule has 0 amide bonds. The molecular formula is C10H16N2S. The number of hydrogen-bond acceptors (Lipinski definition) is 3. The van der Waals surface area contributed by atoms with E-state index in [9.17, 15) is 0 Å². The Bertz CT molecular complexity index is 245. The van der Waals surface area contributed by atoms with Crippen molar-refractivity contribution in [1.82, 2.24) is 10.2 Å². The number of thiophene rings is 1. The average molecular weight is 196 g/mol. The highest BCUT2D eigenvalue weighted by Gasteiger charge is 2.17. The first-order chi connectivity index (χ1) is 6.36. The second-order valence-corrected chi connectivity index (χ2v) is 4.44. The van der Waals surface area contributed by atoms with Crippen molar-refractivity contribution in [3.05, 3.63) is 22.4 Å². The Morgan fingerprint density at radius 1 is 1.69 bits per heavy atom. The normalized spacial score (nSPS) is 24.8. The molecule has 0 unspecified atom stereocenters. The Kier molecular flexibility index (Phi) is 2.98. The second-order valence-electron chi connectivity index (χ2n) is 3.66. The van der Waals surface area contributed by atoms with Crippen LogP contribution >= 0.6 is 11.3 Å². The minimum atomic E-state index is 0.675. The summed E-state index contributed by atoms with van der Waals surface area (Å²) in [6, 6.07) is 2.90. The van der Waals surface area contributed by atoms with Crippen molar-refractivity contribution in [3.8, 4) is 0 Å². The third-order valence-electron chi connectivity index (χ3n) is 2.60. The van der Waals surface area contributed by atoms with Gasteiger partial charge in [-0.15, -0.1) is 0 Å². The molecule has 1 aliphatic rings. The molecule has 0 bridgehead atoms. The van der Waals surface area contributed by atoms with Crippen LogP contribution in [-0.2, 0) is 6.54 Å². The maximum atomic E-state index is 3.41. The molecule has 0 spiro atoms. The van der Waals surface area contributed by atoms with Crippen LogP contribution in [0.15, 0.2) is 16.8 Å². The summed E-state index contributed by atoms with van der Waals surface area (Å²) < 4.78 is 0. The van der Waals surface area contributed by atoms with Crippen LogP contribution in [0.25, 0.3) is 0 Å². The fourth-order valence-corrected chi connectivity index (χ4v) is 2.39. The highest BCUT2D eigenvalue weighted by atomic mass is 32.1. The summed E-state index contributed by atoms with van der Waals surface area (Å²) in [6.07, 6.45) is 0. The van der Waals surface area contributed by atoms with E-state index in [4.69, 9.17) is 0 Å². The predicted octanol–water partition coefficient (Wildman–Crippen LogP) is 1.54. The van der Waals surface area contributed by atoms with Crippen LogP contribution in [0.3, 0.4) is 0 Å². The summed E-state index contributed by atoms with van der Waals surface area (Å²) in [5.74, 6) is 0. The van der Waals surface area contributed by atoms with Gasteiger partial charge in [0.25, 0.3) is 0 Å². The topological polar surface area (TPSA) is 15.3 Å². The lowest BCUT2D eigenvalue weighted by atomic mass is 10.2. The average Bonchev–Trinajstić information content (AvgIpc) is 2.61. The van der Waals surface area contributed by atoms with E-state index in [1.54, 1.807) is 11.3 Å². The minimum absolute atomic E-state index is 0.675. The molecule has 1 aliphatic heterocycles. The summed E-state index contributed by atoms with van der Waals surface area (Å²) in [4.78, 5) is 2.54. The summed E-state index contributed by atoms with van der Waals surface area (Å²) in [5, 5.41) is 7.80. The van der Waals surface area contributed by atoms with Crippen molar-refractivity contribution in [2.45, 2.75) is 19.5 Å². The summed E-state index contributed by atoms with van der Waals surface area (Å²) in [7, 11) is 0. The smallest absolute Gasteiger partial charge is 0.0245 e. The van der Waals surface area contributed by atoms with Crippen molar-refractivity contribution < 1.29 is 0 Å². The van der Waals surface area contributed by atoms with Gasteiger partial charge in [-0.3, -0.25) is 4.90 Å². The van der Waals surface area contributed by atoms with E-state index in [1.807, 2.05) is 0 Å². The lowest BCUT2D eigenvalue weighted by molar-refractivity contribution is 0.166. The number of nitrogens with zero attached hydrogens (tertiary/aromatic N) is 1. The summed E-state index contributed by atoms with van der Waals surface area (Å²) in [5.41, 5.74) is 1.46. The van der Waals surface area contributed by atoms with Gasteiger partial charge in [-0.25, -0.2) is 0 Å². The lowest BCUT2D eigenvalue weighted by Crippen LogP contribution is -2.49. The Morgan fingerprint density at radius 2 is 2.62 bits per heavy atom. The number of piperazine rings is 1. The van der Waals surface area contributed by atoms with Gasteiger partial charge in [0.05, 0.1) is 0 Å². The van der Waals surface area contributed by atoms with Crippen molar-refractivity contribution in [2.24, 2.45) is 0 Å². The molecule has 13 heavy (non-hydrogen) atoms. The molecule has 1 saturated heterocycles. The van der Waals surface area contributed by atoms with E-state index < -0.39 is 0 Å². The third-order valence-corrected chi connectivity index (χ3v) is 3.34. The van der Waals surface area contributed by atoms with Gasteiger partial charge in [-0.1, -0.05) is 0 Å². The molecule has 0 aromatic carbocycles. The standard InChI is InChI=1S/C10H16N2S/c1-9-6-11-3-4-12(9)7-10-2-5-13-8-10/h2,5,8-9,11H,3-4,6-7H2,1H3/t9-/m0/s1. The monoisotopic (exact) mass is 196 g/mol. The minimum Gasteiger partial charge on any atom is -0.314 e. The first-order valence-electron chi connectivity index (χ1n) is 4.82. The van der Waals surface area contributed by atoms with Crippen LogP contribution in [0.1, 0.15) is 12.5 Å². The van der Waals surface area contributed by atoms with Gasteiger partial charge in [-0.2, -0.15) is 11.3 Å². The molecule has 1 fully saturated rings. The van der Waals surface area contributed by atoms with Crippen LogP contribution in [0.5, 0.6) is 0 Å². The molecule has 2 heterocycles. The van der Waals surface area contributed by atoms with Gasteiger partial charge in [-0.05, 0) is 29.3 Å². The van der Waals surface area contributed by atoms with Crippen LogP contribution in [0.2, 0.25) is 0 Å². The Morgan fingerprint density at radius 3 is 3.31 bits per heavy atom. The number of hydrogen-bond donors (Lipinski definition) is 1. The SMILES string of the molecule is C[C@H]1CNCCN1Cc1ccsc1. The van der Waals surface area contributed by atoms with Crippen LogP contribution in [-0.4, -0.2) is 30.6 Å². The first-order valence-corrected chi connectivity index (χ1v) is 5.76. The Labute approximate surface area is 83.6 Å². The van der Waals surface area contributed by atoms with Crippen LogP contribution < -0.4 is 5.32 Å². The molecule has 1 N–H and O–H groups in total. The van der Waals surface area contributed by atoms with Crippen molar-refractivity contribution in [1.29, 1.82) is 0 Å². The molecule has 0 saturated carbocycles. The molecule has 1 aromatic rings. The molecule has 0 aliphatic carbocycles. The number of nitrogens with one attached hydrogen (secondary N) is 1. The molecule has 2 rings (SSSR count). The van der Waals surface area contributed by atoms with Gasteiger partial charge in [0, 0.05) is 32.2 Å². The zero-order valence-electron chi connectivity index (χ0n) is 7.99. The van der Waals surface area contributed by atoms with E-state index >= 15 is 0 Å². The quantitative estimate of drug-likeness (QED) is 0.772. The van der Waals surface area contributed by atoms with Gasteiger partial charge in [0.2, 0.25) is 0 Å². The largest absolute Gasteiger partial charge is 0.314 e. The maximum absolute atomic E-state index is 3.41. The zero-order valence-corrected chi connectivity index (χ0v) is 8.81. The van der Waals surface area contributed by atoms with Crippen molar-refractivity contribution >= 4 is 11.3 Å². The third kappa shape index (κ3) is 2.30. The molecule has 2 nitrogen and oxygen atoms in total. The molecular weight excluding hydrogens is 180 g/mol. The first kappa shape index (κ1) is 9.19. The summed E-state index contributed by atoms with van der Waals surface area (Å²) >= 11 is 1.79. The van der Waals surface area contributed by atoms with E-state index in [2.05, 4.69) is 34.0 Å². The molecule has 1 atom stereocenters. The van der Waals surface area contributed by atoms with Crippen molar-refractivity contribution in [3.63, 3.8) is 0 Å². The fraction of sp³-hybridized carbons (Fsp3) is 0.600.